The zero-order valence-electron chi connectivity index (χ0n) is 31.6. The van der Waals surface area contributed by atoms with E-state index in [0.29, 0.717) is 30.2 Å². The van der Waals surface area contributed by atoms with Crippen LogP contribution in [-0.4, -0.2) is 76.9 Å². The fourth-order valence-electron chi connectivity index (χ4n) is 8.70. The van der Waals surface area contributed by atoms with Gasteiger partial charge in [-0.2, -0.15) is 0 Å². The van der Waals surface area contributed by atoms with Gasteiger partial charge in [0.2, 0.25) is 0 Å². The fraction of sp³-hybridized carbons (Fsp3) is 0.690. The van der Waals surface area contributed by atoms with Crippen LogP contribution in [0.2, 0.25) is 0 Å². The largest absolute Gasteiger partial charge is 0.393 e. The van der Waals surface area contributed by atoms with Crippen molar-refractivity contribution < 1.29 is 24.1 Å². The van der Waals surface area contributed by atoms with E-state index in [1.165, 1.54) is 24.0 Å². The molecule has 0 aromatic heterocycles. The Morgan fingerprint density at radius 1 is 1.00 bits per heavy atom. The summed E-state index contributed by atoms with van der Waals surface area (Å²) in [4.78, 5) is 10.6. The molecule has 7 nitrogen and oxygen atoms in total. The monoisotopic (exact) mass is 681 g/mol. The predicted octanol–water partition coefficient (Wildman–Crippen LogP) is 7.71. The third kappa shape index (κ3) is 11.4. The molecule has 7 atom stereocenters. The van der Waals surface area contributed by atoms with Gasteiger partial charge in [0.1, 0.15) is 6.29 Å². The second-order valence-corrected chi connectivity index (χ2v) is 15.3. The number of aliphatic hydroxyl groups is 1. The molecule has 7 unspecified atom stereocenters. The number of fused-ring (bicyclic) bond motifs is 4. The van der Waals surface area contributed by atoms with Gasteiger partial charge in [0.15, 0.2) is 0 Å². The molecule has 3 fully saturated rings. The number of hydrogen-bond donors (Lipinski definition) is 3. The average molecular weight is 681 g/mol. The van der Waals surface area contributed by atoms with Crippen molar-refractivity contribution in [1.29, 1.82) is 0 Å². The molecule has 1 aliphatic heterocycles. The van der Waals surface area contributed by atoms with Crippen molar-refractivity contribution in [2.45, 2.75) is 104 Å². The van der Waals surface area contributed by atoms with E-state index in [4.69, 9.17) is 9.47 Å². The van der Waals surface area contributed by atoms with Crippen molar-refractivity contribution in [2.75, 3.05) is 53.2 Å². The molecule has 276 valence electrons. The minimum absolute atomic E-state index is 0.0196. The normalized spacial score (nSPS) is 30.6. The van der Waals surface area contributed by atoms with E-state index in [0.717, 1.165) is 84.4 Å². The molecule has 1 saturated heterocycles. The van der Waals surface area contributed by atoms with Crippen molar-refractivity contribution >= 4 is 12.4 Å². The van der Waals surface area contributed by atoms with Gasteiger partial charge < -0.3 is 24.1 Å². The van der Waals surface area contributed by atoms with Gasteiger partial charge in [-0.3, -0.25) is 10.6 Å². The molecule has 3 N–H and O–H groups in total. The van der Waals surface area contributed by atoms with Crippen LogP contribution in [0.1, 0.15) is 103 Å². The summed E-state index contributed by atoms with van der Waals surface area (Å²) in [6, 6.07) is 9.19. The van der Waals surface area contributed by atoms with Gasteiger partial charge in [-0.05, 0) is 99.5 Å². The topological polar surface area (TPSA) is 89.1 Å². The van der Waals surface area contributed by atoms with Crippen LogP contribution in [0.4, 0.5) is 0 Å². The van der Waals surface area contributed by atoms with Gasteiger partial charge in [-0.25, -0.2) is 0 Å². The number of ether oxygens (including phenoxy) is 3. The molecule has 0 bridgehead atoms. The summed E-state index contributed by atoms with van der Waals surface area (Å²) in [5, 5.41) is 17.8. The zero-order chi connectivity index (χ0) is 35.9. The number of allylic oxidation sites excluding steroid dienone is 2. The Labute approximate surface area is 298 Å². The highest BCUT2D eigenvalue weighted by Crippen LogP contribution is 2.63. The van der Waals surface area contributed by atoms with Crippen molar-refractivity contribution in [3.8, 4) is 0 Å². The summed E-state index contributed by atoms with van der Waals surface area (Å²) < 4.78 is 16.9. The van der Waals surface area contributed by atoms with Gasteiger partial charge >= 0.3 is 0 Å². The first-order chi connectivity index (χ1) is 23.6. The Hall–Kier alpha value is -2.13. The molecule has 0 amide bonds. The number of nitrogens with one attached hydrogen (secondary N) is 2. The minimum atomic E-state index is -0.205. The molecule has 7 heteroatoms. The van der Waals surface area contributed by atoms with E-state index in [-0.39, 0.29) is 23.1 Å². The van der Waals surface area contributed by atoms with Crippen LogP contribution in [0.25, 0.3) is 6.08 Å². The van der Waals surface area contributed by atoms with Gasteiger partial charge in [0, 0.05) is 44.8 Å². The van der Waals surface area contributed by atoms with Gasteiger partial charge in [-0.1, -0.05) is 68.3 Å². The Kier molecular flexibility index (Phi) is 17.4. The highest BCUT2D eigenvalue weighted by molar-refractivity contribution is 5.52. The van der Waals surface area contributed by atoms with Gasteiger partial charge in [-0.15, -0.1) is 13.2 Å². The maximum atomic E-state index is 11.3. The number of rotatable bonds is 9. The van der Waals surface area contributed by atoms with E-state index in [9.17, 15) is 9.90 Å². The Morgan fingerprint density at radius 3 is 2.35 bits per heavy atom. The van der Waals surface area contributed by atoms with Crippen molar-refractivity contribution in [2.24, 2.45) is 28.6 Å². The third-order valence-electron chi connectivity index (χ3n) is 11.3. The molecular weight excluding hydrogens is 612 g/mol. The lowest BCUT2D eigenvalue weighted by Gasteiger charge is -2.52. The summed E-state index contributed by atoms with van der Waals surface area (Å²) in [5.41, 5.74) is 6.05. The number of methoxy groups -OCH3 is 1. The van der Waals surface area contributed by atoms with Crippen molar-refractivity contribution in [1.82, 2.24) is 10.6 Å². The summed E-state index contributed by atoms with van der Waals surface area (Å²) in [6.07, 6.45) is 14.0. The molecule has 1 aromatic rings. The molecular formula is C42H68N2O5. The molecule has 4 aliphatic rings. The summed E-state index contributed by atoms with van der Waals surface area (Å²) in [7, 11) is 1.68. The van der Waals surface area contributed by atoms with Crippen LogP contribution in [0, 0.1) is 28.6 Å². The van der Waals surface area contributed by atoms with Crippen LogP contribution >= 0.6 is 0 Å². The first-order valence-electron chi connectivity index (χ1n) is 18.9. The predicted molar refractivity (Wildman–Crippen MR) is 203 cm³/mol. The van der Waals surface area contributed by atoms with Crippen LogP contribution < -0.4 is 10.6 Å². The number of aldehydes is 1. The van der Waals surface area contributed by atoms with Crippen molar-refractivity contribution in [3.05, 3.63) is 65.8 Å². The highest BCUT2D eigenvalue weighted by atomic mass is 16.5. The number of carbonyl (C=O) groups is 1. The molecule has 1 aromatic carbocycles. The minimum Gasteiger partial charge on any atom is -0.393 e. The number of carbonyl (C=O) groups excluding carboxylic acids is 1. The smallest absolute Gasteiger partial charge is 0.133 e. The second-order valence-electron chi connectivity index (χ2n) is 15.3. The van der Waals surface area contributed by atoms with Crippen LogP contribution in [-0.2, 0) is 19.0 Å². The zero-order valence-corrected chi connectivity index (χ0v) is 31.6. The third-order valence-corrected chi connectivity index (χ3v) is 11.3. The standard InChI is InChI=1S/C37H56N2O4.C3H8O.C2H4/c1-26(39-19-20-40)38-18-5-7-27-9-11-28(12-10-27)32-23-37(4)33(15-16-34(37)41)31-14-13-29-17-22-43-25-36(2,3)24-42-21-6-8-30(29)35(31)32;1-3-4-2;1-2/h5,7,9-12,20,26,29,31-34,38-39,41H,6,8,13-19,21-25H2,1-4H3;3H2,1-2H3;1-2H2/b7-5+;;. The van der Waals surface area contributed by atoms with E-state index >= 15 is 0 Å². The number of aliphatic hydroxyl groups excluding tert-OH is 1. The van der Waals surface area contributed by atoms with E-state index in [1.54, 1.807) is 18.3 Å². The molecule has 5 rings (SSSR count). The Morgan fingerprint density at radius 2 is 1.67 bits per heavy atom. The maximum absolute atomic E-state index is 11.3. The van der Waals surface area contributed by atoms with Crippen molar-refractivity contribution in [3.63, 3.8) is 0 Å². The summed E-state index contributed by atoms with van der Waals surface area (Å²) in [5.74, 6) is 2.09. The highest BCUT2D eigenvalue weighted by Gasteiger charge is 2.56. The first kappa shape index (κ1) is 41.3. The number of hydrogen-bond acceptors (Lipinski definition) is 7. The quantitative estimate of drug-likeness (QED) is 0.140. The molecule has 0 spiro atoms. The van der Waals surface area contributed by atoms with E-state index in [2.05, 4.69) is 85.7 Å². The van der Waals surface area contributed by atoms with E-state index < -0.39 is 0 Å². The molecule has 49 heavy (non-hydrogen) atoms. The molecule has 2 saturated carbocycles. The number of benzene rings is 1. The van der Waals surface area contributed by atoms with Crippen LogP contribution in [0.3, 0.4) is 0 Å². The van der Waals surface area contributed by atoms with Gasteiger partial charge in [0.25, 0.3) is 0 Å². The van der Waals surface area contributed by atoms with Crippen LogP contribution in [0.15, 0.2) is 54.6 Å². The lowest BCUT2D eigenvalue weighted by Crippen LogP contribution is -2.45. The van der Waals surface area contributed by atoms with Crippen LogP contribution in [0.5, 0.6) is 0 Å². The van der Waals surface area contributed by atoms with Gasteiger partial charge in [0.05, 0.1) is 32.0 Å². The summed E-state index contributed by atoms with van der Waals surface area (Å²) >= 11 is 0. The Balaban J connectivity index is 0.00000101. The first-order valence-corrected chi connectivity index (χ1v) is 18.9. The lowest BCUT2D eigenvalue weighted by atomic mass is 9.52. The maximum Gasteiger partial charge on any atom is 0.133 e. The average Bonchev–Trinajstić information content (AvgIpc) is 3.41. The second kappa shape index (κ2) is 20.7. The molecule has 0 radical (unpaired) electrons. The molecule has 3 aliphatic carbocycles. The molecule has 1 heterocycles. The van der Waals surface area contributed by atoms with E-state index in [1.807, 2.05) is 13.8 Å². The lowest BCUT2D eigenvalue weighted by molar-refractivity contribution is -0.107. The SMILES string of the molecule is C=C.CC(NCC=O)NC/C=C/c1ccc(C2CC3(C)C(O)CCC3C3CCC4CCOCC(C)(C)COCCCC4=C23)cc1.CCOC. The summed E-state index contributed by atoms with van der Waals surface area (Å²) in [6.45, 7) is 21.9. The fourth-order valence-corrected chi connectivity index (χ4v) is 8.70. The Bertz CT molecular complexity index is 1180.